The van der Waals surface area contributed by atoms with E-state index in [1.54, 1.807) is 30.3 Å². The maximum Gasteiger partial charge on any atom is 0.327 e. The Labute approximate surface area is 247 Å². The van der Waals surface area contributed by atoms with E-state index in [1.165, 1.54) is 18.2 Å². The Balaban J connectivity index is 1.57. The fourth-order valence-corrected chi connectivity index (χ4v) is 6.92. The third kappa shape index (κ3) is 6.07. The van der Waals surface area contributed by atoms with Gasteiger partial charge in [0, 0.05) is 21.2 Å². The number of aliphatic carboxylic acids is 1. The lowest BCUT2D eigenvalue weighted by atomic mass is 10.0. The molecule has 41 heavy (non-hydrogen) atoms. The molecule has 1 unspecified atom stereocenters. The first-order valence-electron chi connectivity index (χ1n) is 12.8. The molecule has 0 spiro atoms. The Hall–Kier alpha value is -3.92. The lowest BCUT2D eigenvalue weighted by molar-refractivity contribution is -0.138. The maximum absolute atomic E-state index is 14.0. The van der Waals surface area contributed by atoms with E-state index >= 15 is 0 Å². The van der Waals surface area contributed by atoms with Crippen LogP contribution in [0.2, 0.25) is 10.0 Å². The molecule has 5 rings (SSSR count). The highest BCUT2D eigenvalue weighted by molar-refractivity contribution is 7.93. The predicted molar refractivity (Wildman–Crippen MR) is 160 cm³/mol. The number of anilines is 1. The van der Waals surface area contributed by atoms with Crippen LogP contribution in [0.3, 0.4) is 0 Å². The van der Waals surface area contributed by atoms with E-state index in [-0.39, 0.29) is 27.0 Å². The SMILES string of the molecule is CCCCC(C(=O)O)N(c1ccc2cc(-c3noc(-c4ccccc4)n3)ccc2c1)S(=O)(=O)c1cc(Cl)cc(Cl)c1. The lowest BCUT2D eigenvalue weighted by Gasteiger charge is -2.30. The molecule has 0 aliphatic rings. The van der Waals surface area contributed by atoms with Gasteiger partial charge in [0.05, 0.1) is 10.6 Å². The number of rotatable bonds is 10. The molecule has 210 valence electrons. The molecule has 1 heterocycles. The van der Waals surface area contributed by atoms with Gasteiger partial charge in [-0.15, -0.1) is 0 Å². The van der Waals surface area contributed by atoms with Crippen LogP contribution in [-0.4, -0.2) is 35.7 Å². The fraction of sp³-hybridized carbons (Fsp3) is 0.167. The monoisotopic (exact) mass is 609 g/mol. The van der Waals surface area contributed by atoms with Gasteiger partial charge >= 0.3 is 5.97 Å². The zero-order chi connectivity index (χ0) is 29.1. The van der Waals surface area contributed by atoms with Crippen LogP contribution in [0.25, 0.3) is 33.6 Å². The number of sulfonamides is 1. The van der Waals surface area contributed by atoms with E-state index in [0.717, 1.165) is 15.3 Å². The highest BCUT2D eigenvalue weighted by Gasteiger charge is 2.36. The Morgan fingerprint density at radius 2 is 1.61 bits per heavy atom. The van der Waals surface area contributed by atoms with Crippen molar-refractivity contribution < 1.29 is 22.8 Å². The van der Waals surface area contributed by atoms with Crippen molar-refractivity contribution in [1.82, 2.24) is 10.1 Å². The van der Waals surface area contributed by atoms with E-state index < -0.39 is 22.0 Å². The molecule has 0 saturated carbocycles. The summed E-state index contributed by atoms with van der Waals surface area (Å²) in [4.78, 5) is 16.7. The average molecular weight is 611 g/mol. The summed E-state index contributed by atoms with van der Waals surface area (Å²) in [6.07, 6.45) is 1.34. The minimum absolute atomic E-state index is 0.123. The molecular formula is C30H25Cl2N3O5S. The summed E-state index contributed by atoms with van der Waals surface area (Å²) >= 11 is 12.2. The van der Waals surface area contributed by atoms with Gasteiger partial charge < -0.3 is 9.63 Å². The van der Waals surface area contributed by atoms with E-state index in [1.807, 2.05) is 43.3 Å². The van der Waals surface area contributed by atoms with Crippen LogP contribution in [0.1, 0.15) is 26.2 Å². The van der Waals surface area contributed by atoms with Gasteiger partial charge in [0.1, 0.15) is 6.04 Å². The number of halogens is 2. The molecule has 1 aromatic heterocycles. The largest absolute Gasteiger partial charge is 0.480 e. The smallest absolute Gasteiger partial charge is 0.327 e. The van der Waals surface area contributed by atoms with Gasteiger partial charge in [-0.3, -0.25) is 4.31 Å². The van der Waals surface area contributed by atoms with Crippen LogP contribution in [0.4, 0.5) is 5.69 Å². The van der Waals surface area contributed by atoms with Crippen molar-refractivity contribution in [3.8, 4) is 22.8 Å². The van der Waals surface area contributed by atoms with Crippen LogP contribution >= 0.6 is 23.2 Å². The summed E-state index contributed by atoms with van der Waals surface area (Å²) < 4.78 is 34.3. The second-order valence-electron chi connectivity index (χ2n) is 9.44. The molecule has 11 heteroatoms. The van der Waals surface area contributed by atoms with Crippen LogP contribution < -0.4 is 4.31 Å². The molecule has 0 bridgehead atoms. The van der Waals surface area contributed by atoms with Gasteiger partial charge in [-0.2, -0.15) is 4.98 Å². The van der Waals surface area contributed by atoms with Crippen molar-refractivity contribution in [1.29, 1.82) is 0 Å². The van der Waals surface area contributed by atoms with Gasteiger partial charge in [0.2, 0.25) is 5.82 Å². The number of carbonyl (C=O) groups is 1. The molecule has 0 amide bonds. The number of benzene rings is 4. The summed E-state index contributed by atoms with van der Waals surface area (Å²) in [7, 11) is -4.37. The molecule has 5 aromatic rings. The summed E-state index contributed by atoms with van der Waals surface area (Å²) in [5.41, 5.74) is 1.71. The third-order valence-corrected chi connectivity index (χ3v) is 8.83. The van der Waals surface area contributed by atoms with Crippen LogP contribution in [-0.2, 0) is 14.8 Å². The quantitative estimate of drug-likeness (QED) is 0.172. The van der Waals surface area contributed by atoms with Gasteiger partial charge in [-0.05, 0) is 65.7 Å². The van der Waals surface area contributed by atoms with E-state index in [9.17, 15) is 18.3 Å². The Kier molecular flexibility index (Phi) is 8.30. The summed E-state index contributed by atoms with van der Waals surface area (Å²) in [6, 6.07) is 22.4. The molecule has 1 N–H and O–H groups in total. The number of carboxylic acids is 1. The molecule has 0 radical (unpaired) electrons. The number of hydrogen-bond donors (Lipinski definition) is 1. The topological polar surface area (TPSA) is 114 Å². The number of aromatic nitrogens is 2. The summed E-state index contributed by atoms with van der Waals surface area (Å²) in [5.74, 6) is -0.455. The van der Waals surface area contributed by atoms with Crippen LogP contribution in [0, 0.1) is 0 Å². The normalized spacial score (nSPS) is 12.4. The lowest BCUT2D eigenvalue weighted by Crippen LogP contribution is -2.45. The number of hydrogen-bond acceptors (Lipinski definition) is 6. The highest BCUT2D eigenvalue weighted by atomic mass is 35.5. The fourth-order valence-electron chi connectivity index (χ4n) is 4.56. The molecule has 0 aliphatic heterocycles. The van der Waals surface area contributed by atoms with Crippen molar-refractivity contribution in [2.24, 2.45) is 0 Å². The zero-order valence-electron chi connectivity index (χ0n) is 21.9. The molecule has 0 aliphatic carbocycles. The third-order valence-electron chi connectivity index (χ3n) is 6.58. The van der Waals surface area contributed by atoms with Crippen molar-refractivity contribution in [2.75, 3.05) is 4.31 Å². The Morgan fingerprint density at radius 3 is 2.29 bits per heavy atom. The van der Waals surface area contributed by atoms with Crippen LogP contribution in [0.5, 0.6) is 0 Å². The second kappa shape index (κ2) is 11.9. The number of carboxylic acid groups (broad SMARTS) is 1. The zero-order valence-corrected chi connectivity index (χ0v) is 24.2. The number of nitrogens with zero attached hydrogens (tertiary/aromatic N) is 3. The predicted octanol–water partition coefficient (Wildman–Crippen LogP) is 7.70. The Morgan fingerprint density at radius 1 is 0.927 bits per heavy atom. The van der Waals surface area contributed by atoms with Gasteiger partial charge in [0.15, 0.2) is 0 Å². The summed E-state index contributed by atoms with van der Waals surface area (Å²) in [6.45, 7) is 1.91. The molecule has 1 atom stereocenters. The minimum atomic E-state index is -4.37. The van der Waals surface area contributed by atoms with Crippen molar-refractivity contribution >= 4 is 55.7 Å². The van der Waals surface area contributed by atoms with E-state index in [2.05, 4.69) is 10.1 Å². The van der Waals surface area contributed by atoms with Crippen LogP contribution in [0.15, 0.2) is 94.3 Å². The summed E-state index contributed by atoms with van der Waals surface area (Å²) in [5, 5.41) is 16.0. The number of fused-ring (bicyclic) bond motifs is 1. The first kappa shape index (κ1) is 28.6. The van der Waals surface area contributed by atoms with E-state index in [0.29, 0.717) is 35.5 Å². The van der Waals surface area contributed by atoms with Crippen molar-refractivity contribution in [3.63, 3.8) is 0 Å². The minimum Gasteiger partial charge on any atom is -0.480 e. The number of unbranched alkanes of at least 4 members (excludes halogenated alkanes) is 1. The standard InChI is InChI=1S/C30H25Cl2N3O5S/c1-2-3-9-27(30(36)37)35(41(38,39)26-17-23(31)16-24(32)18-26)25-13-12-20-14-22(11-10-21(20)15-25)28-33-29(40-34-28)19-7-5-4-6-8-19/h4-8,10-18,27H,2-3,9H2,1H3,(H,36,37). The van der Waals surface area contributed by atoms with Crippen molar-refractivity contribution in [3.05, 3.63) is 95.0 Å². The first-order chi connectivity index (χ1) is 19.7. The maximum atomic E-state index is 14.0. The van der Waals surface area contributed by atoms with Crippen molar-refractivity contribution in [2.45, 2.75) is 37.1 Å². The molecule has 0 saturated heterocycles. The highest BCUT2D eigenvalue weighted by Crippen LogP contribution is 2.34. The first-order valence-corrected chi connectivity index (χ1v) is 15.0. The molecule has 4 aromatic carbocycles. The average Bonchev–Trinajstić information content (AvgIpc) is 3.45. The molecule has 8 nitrogen and oxygen atoms in total. The molecular weight excluding hydrogens is 585 g/mol. The second-order valence-corrected chi connectivity index (χ2v) is 12.1. The van der Waals surface area contributed by atoms with Gasteiger partial charge in [-0.25, -0.2) is 13.2 Å². The Bertz CT molecular complexity index is 1810. The van der Waals surface area contributed by atoms with Gasteiger partial charge in [0.25, 0.3) is 15.9 Å². The van der Waals surface area contributed by atoms with E-state index in [4.69, 9.17) is 27.7 Å². The van der Waals surface area contributed by atoms with Gasteiger partial charge in [-0.1, -0.05) is 84.5 Å². The molecule has 0 fully saturated rings.